The predicted molar refractivity (Wildman–Crippen MR) is 79.6 cm³/mol. The van der Waals surface area contributed by atoms with Gasteiger partial charge in [-0.1, -0.05) is 6.07 Å². The first-order chi connectivity index (χ1) is 8.73. The molecule has 19 heavy (non-hydrogen) atoms. The average Bonchev–Trinajstić information content (AvgIpc) is 2.31. The van der Waals surface area contributed by atoms with Crippen molar-refractivity contribution >= 4 is 21.2 Å². The SMILES string of the molecule is Cc1cc(C)c(C)c(OC(=O)C(P)NC(=N)N)c1C. The summed E-state index contributed by atoms with van der Waals surface area (Å²) in [4.78, 5) is 11.9. The van der Waals surface area contributed by atoms with E-state index < -0.39 is 11.8 Å². The van der Waals surface area contributed by atoms with Gasteiger partial charge in [-0.15, -0.1) is 9.24 Å². The summed E-state index contributed by atoms with van der Waals surface area (Å²) in [6, 6.07) is 2.06. The van der Waals surface area contributed by atoms with E-state index in [2.05, 4.69) is 20.6 Å². The third-order valence-corrected chi connectivity index (χ3v) is 3.50. The molecule has 0 aliphatic heterocycles. The van der Waals surface area contributed by atoms with E-state index in [4.69, 9.17) is 15.9 Å². The van der Waals surface area contributed by atoms with Gasteiger partial charge in [-0.3, -0.25) is 5.41 Å². The Morgan fingerprint density at radius 1 is 1.32 bits per heavy atom. The molecule has 0 bridgehead atoms. The minimum atomic E-state index is -0.739. The number of esters is 1. The van der Waals surface area contributed by atoms with E-state index in [-0.39, 0.29) is 5.96 Å². The van der Waals surface area contributed by atoms with Crippen LogP contribution in [0.15, 0.2) is 6.07 Å². The number of carbonyl (C=O) groups is 1. The van der Waals surface area contributed by atoms with E-state index in [1.54, 1.807) is 0 Å². The smallest absolute Gasteiger partial charge is 0.337 e. The first kappa shape index (κ1) is 15.4. The molecule has 0 aromatic heterocycles. The van der Waals surface area contributed by atoms with Crippen molar-refractivity contribution in [2.24, 2.45) is 5.73 Å². The van der Waals surface area contributed by atoms with Gasteiger partial charge in [0, 0.05) is 0 Å². The highest BCUT2D eigenvalue weighted by Crippen LogP contribution is 2.29. The number of guanidine groups is 1. The third-order valence-electron chi connectivity index (χ3n) is 3.06. The lowest BCUT2D eigenvalue weighted by atomic mass is 10.0. The van der Waals surface area contributed by atoms with Gasteiger partial charge in [-0.25, -0.2) is 4.79 Å². The van der Waals surface area contributed by atoms with Crippen LogP contribution in [0.2, 0.25) is 0 Å². The molecular weight excluding hydrogens is 261 g/mol. The molecule has 0 spiro atoms. The Kier molecular flexibility index (Phi) is 4.90. The first-order valence-electron chi connectivity index (χ1n) is 5.89. The van der Waals surface area contributed by atoms with Gasteiger partial charge < -0.3 is 15.8 Å². The molecule has 4 N–H and O–H groups in total. The van der Waals surface area contributed by atoms with Gasteiger partial charge in [0.2, 0.25) is 0 Å². The molecule has 0 saturated carbocycles. The Labute approximate surface area is 115 Å². The monoisotopic (exact) mass is 281 g/mol. The number of rotatable bonds is 3. The molecule has 1 rings (SSSR count). The van der Waals surface area contributed by atoms with Gasteiger partial charge in [0.25, 0.3) is 0 Å². The van der Waals surface area contributed by atoms with E-state index in [1.165, 1.54) is 0 Å². The van der Waals surface area contributed by atoms with Crippen LogP contribution >= 0.6 is 9.24 Å². The molecule has 0 amide bonds. The van der Waals surface area contributed by atoms with Crippen LogP contribution < -0.4 is 15.8 Å². The maximum Gasteiger partial charge on any atom is 0.337 e. The maximum absolute atomic E-state index is 11.9. The van der Waals surface area contributed by atoms with Gasteiger partial charge in [0.1, 0.15) is 11.5 Å². The Morgan fingerprint density at radius 2 is 1.79 bits per heavy atom. The third kappa shape index (κ3) is 3.67. The summed E-state index contributed by atoms with van der Waals surface area (Å²) in [6.45, 7) is 7.79. The number of nitrogens with one attached hydrogen (secondary N) is 2. The van der Waals surface area contributed by atoms with Gasteiger partial charge in [0.15, 0.2) is 5.96 Å². The van der Waals surface area contributed by atoms with Crippen molar-refractivity contribution in [2.75, 3.05) is 0 Å². The van der Waals surface area contributed by atoms with Crippen molar-refractivity contribution in [3.63, 3.8) is 0 Å². The van der Waals surface area contributed by atoms with Crippen molar-refractivity contribution < 1.29 is 9.53 Å². The second kappa shape index (κ2) is 6.02. The zero-order valence-electron chi connectivity index (χ0n) is 11.6. The van der Waals surface area contributed by atoms with Crippen molar-refractivity contribution in [2.45, 2.75) is 33.5 Å². The lowest BCUT2D eigenvalue weighted by Gasteiger charge is -2.17. The van der Waals surface area contributed by atoms with Crippen LogP contribution in [0.5, 0.6) is 5.75 Å². The fourth-order valence-electron chi connectivity index (χ4n) is 1.72. The number of hydrogen-bond acceptors (Lipinski definition) is 3. The quantitative estimate of drug-likeness (QED) is 0.258. The van der Waals surface area contributed by atoms with Crippen molar-refractivity contribution in [3.8, 4) is 5.75 Å². The van der Waals surface area contributed by atoms with Crippen molar-refractivity contribution in [3.05, 3.63) is 28.3 Å². The molecule has 6 heteroatoms. The standard InChI is InChI=1S/C13H20N3O2P/c1-6-5-7(2)9(4)10(8(6)3)18-12(17)11(19)16-13(14)15/h5,11H,19H2,1-4H3,(H4,14,15,16). The summed E-state index contributed by atoms with van der Waals surface area (Å²) in [5, 5.41) is 9.58. The number of aryl methyl sites for hydroxylation is 2. The lowest BCUT2D eigenvalue weighted by molar-refractivity contribution is -0.134. The first-order valence-corrected chi connectivity index (χ1v) is 6.56. The summed E-state index contributed by atoms with van der Waals surface area (Å²) in [7, 11) is 2.26. The minimum absolute atomic E-state index is 0.272. The second-order valence-electron chi connectivity index (χ2n) is 4.55. The molecule has 0 aliphatic carbocycles. The normalized spacial score (nSPS) is 11.8. The van der Waals surface area contributed by atoms with E-state index in [0.717, 1.165) is 22.3 Å². The minimum Gasteiger partial charge on any atom is -0.424 e. The molecule has 2 atom stereocenters. The predicted octanol–water partition coefficient (Wildman–Crippen LogP) is 1.51. The molecule has 1 aromatic carbocycles. The van der Waals surface area contributed by atoms with Crippen molar-refractivity contribution in [1.29, 1.82) is 5.41 Å². The largest absolute Gasteiger partial charge is 0.424 e. The van der Waals surface area contributed by atoms with Crippen LogP contribution in [0.25, 0.3) is 0 Å². The zero-order valence-corrected chi connectivity index (χ0v) is 12.8. The highest BCUT2D eigenvalue weighted by molar-refractivity contribution is 7.19. The van der Waals surface area contributed by atoms with Crippen LogP contribution in [0.3, 0.4) is 0 Å². The number of carbonyl (C=O) groups excluding carboxylic acids is 1. The molecule has 0 heterocycles. The summed E-state index contributed by atoms with van der Waals surface area (Å²) in [5.41, 5.74) is 9.22. The summed E-state index contributed by atoms with van der Waals surface area (Å²) >= 11 is 0. The molecule has 2 unspecified atom stereocenters. The van der Waals surface area contributed by atoms with Crippen LogP contribution in [0.1, 0.15) is 22.3 Å². The van der Waals surface area contributed by atoms with Gasteiger partial charge in [-0.2, -0.15) is 0 Å². The molecule has 0 radical (unpaired) electrons. The molecule has 0 saturated heterocycles. The summed E-state index contributed by atoms with van der Waals surface area (Å²) < 4.78 is 5.43. The van der Waals surface area contributed by atoms with Gasteiger partial charge in [-0.05, 0) is 49.9 Å². The summed E-state index contributed by atoms with van der Waals surface area (Å²) in [6.07, 6.45) is 0. The van der Waals surface area contributed by atoms with E-state index in [1.807, 2.05) is 27.7 Å². The topological polar surface area (TPSA) is 88.2 Å². The van der Waals surface area contributed by atoms with Gasteiger partial charge in [0.05, 0.1) is 0 Å². The number of nitrogens with two attached hydrogens (primary N) is 1. The fraction of sp³-hybridized carbons (Fsp3) is 0.385. The second-order valence-corrected chi connectivity index (χ2v) is 5.21. The lowest BCUT2D eigenvalue weighted by Crippen LogP contribution is -2.42. The summed E-state index contributed by atoms with van der Waals surface area (Å²) in [5.74, 6) is -0.917. The van der Waals surface area contributed by atoms with Crippen LogP contribution in [0, 0.1) is 33.1 Å². The van der Waals surface area contributed by atoms with E-state index in [0.29, 0.717) is 5.75 Å². The molecule has 104 valence electrons. The Bertz CT molecular complexity index is 503. The Morgan fingerprint density at radius 3 is 2.21 bits per heavy atom. The highest BCUT2D eigenvalue weighted by Gasteiger charge is 2.19. The molecule has 0 fully saturated rings. The Balaban J connectivity index is 3.00. The maximum atomic E-state index is 11.9. The molecule has 1 aromatic rings. The number of benzene rings is 1. The number of ether oxygens (including phenoxy) is 1. The van der Waals surface area contributed by atoms with E-state index in [9.17, 15) is 4.79 Å². The fourth-order valence-corrected chi connectivity index (χ4v) is 1.97. The number of hydrogen-bond donors (Lipinski definition) is 3. The van der Waals surface area contributed by atoms with Crippen LogP contribution in [0.4, 0.5) is 0 Å². The molecular formula is C13H20N3O2P. The van der Waals surface area contributed by atoms with Crippen molar-refractivity contribution in [1.82, 2.24) is 5.32 Å². The average molecular weight is 281 g/mol. The molecule has 0 aliphatic rings. The van der Waals surface area contributed by atoms with E-state index >= 15 is 0 Å². The van der Waals surface area contributed by atoms with Crippen LogP contribution in [-0.2, 0) is 4.79 Å². The highest BCUT2D eigenvalue weighted by atomic mass is 31.0. The zero-order chi connectivity index (χ0) is 14.7. The van der Waals surface area contributed by atoms with Gasteiger partial charge >= 0.3 is 5.97 Å². The Hall–Kier alpha value is -1.61. The molecule has 5 nitrogen and oxygen atoms in total. The van der Waals surface area contributed by atoms with Crippen LogP contribution in [-0.4, -0.2) is 17.7 Å².